The Morgan fingerprint density at radius 1 is 1.25 bits per heavy atom. The Hall–Kier alpha value is -1.42. The third-order valence-corrected chi connectivity index (χ3v) is 1.54. The standard InChI is InChI=1S/C7H5ClN4/c8-5-1-2-9-7(12-5)6-10-3-4-11-6/h1-4H,(H,10,11). The summed E-state index contributed by atoms with van der Waals surface area (Å²) in [6.07, 6.45) is 4.94. The van der Waals surface area contributed by atoms with Crippen LogP contribution in [0.25, 0.3) is 11.6 Å². The number of halogens is 1. The van der Waals surface area contributed by atoms with E-state index in [1.165, 1.54) is 0 Å². The van der Waals surface area contributed by atoms with E-state index in [1.54, 1.807) is 24.7 Å². The van der Waals surface area contributed by atoms with Crippen molar-refractivity contribution in [2.45, 2.75) is 0 Å². The summed E-state index contributed by atoms with van der Waals surface area (Å²) in [5, 5.41) is 0.413. The molecule has 2 heterocycles. The third-order valence-electron chi connectivity index (χ3n) is 1.33. The summed E-state index contributed by atoms with van der Waals surface area (Å²) in [5.74, 6) is 1.13. The molecular weight excluding hydrogens is 176 g/mol. The Morgan fingerprint density at radius 2 is 2.17 bits per heavy atom. The molecule has 5 heteroatoms. The quantitative estimate of drug-likeness (QED) is 0.677. The molecule has 4 nitrogen and oxygen atoms in total. The van der Waals surface area contributed by atoms with Gasteiger partial charge in [0, 0.05) is 18.6 Å². The van der Waals surface area contributed by atoms with E-state index >= 15 is 0 Å². The predicted molar refractivity (Wildman–Crippen MR) is 44.6 cm³/mol. The van der Waals surface area contributed by atoms with Crippen molar-refractivity contribution < 1.29 is 0 Å². The highest BCUT2D eigenvalue weighted by molar-refractivity contribution is 6.29. The van der Waals surface area contributed by atoms with Crippen LogP contribution < -0.4 is 0 Å². The van der Waals surface area contributed by atoms with Crippen molar-refractivity contribution in [1.29, 1.82) is 0 Å². The fourth-order valence-corrected chi connectivity index (χ4v) is 0.975. The van der Waals surface area contributed by atoms with Gasteiger partial charge in [-0.3, -0.25) is 0 Å². The molecule has 60 valence electrons. The lowest BCUT2D eigenvalue weighted by atomic mass is 10.5. The Labute approximate surface area is 73.7 Å². The molecule has 1 N–H and O–H groups in total. The third kappa shape index (κ3) is 1.29. The summed E-state index contributed by atoms with van der Waals surface area (Å²) in [5.41, 5.74) is 0. The van der Waals surface area contributed by atoms with Gasteiger partial charge in [-0.05, 0) is 6.07 Å². The van der Waals surface area contributed by atoms with Crippen LogP contribution >= 0.6 is 11.6 Å². The average molecular weight is 181 g/mol. The highest BCUT2D eigenvalue weighted by Gasteiger charge is 2.02. The Bertz CT molecular complexity index is 371. The normalized spacial score (nSPS) is 10.1. The number of nitrogens with zero attached hydrogens (tertiary/aromatic N) is 3. The van der Waals surface area contributed by atoms with Gasteiger partial charge in [0.15, 0.2) is 11.6 Å². The Kier molecular flexibility index (Phi) is 1.75. The number of H-pyrrole nitrogens is 1. The number of rotatable bonds is 1. The van der Waals surface area contributed by atoms with Gasteiger partial charge in [-0.25, -0.2) is 15.0 Å². The topological polar surface area (TPSA) is 54.5 Å². The van der Waals surface area contributed by atoms with E-state index in [9.17, 15) is 0 Å². The van der Waals surface area contributed by atoms with E-state index in [-0.39, 0.29) is 0 Å². The van der Waals surface area contributed by atoms with Crippen molar-refractivity contribution in [2.24, 2.45) is 0 Å². The monoisotopic (exact) mass is 180 g/mol. The number of aromatic nitrogens is 4. The lowest BCUT2D eigenvalue weighted by Crippen LogP contribution is -1.89. The summed E-state index contributed by atoms with van der Waals surface area (Å²) in [7, 11) is 0. The fraction of sp³-hybridized carbons (Fsp3) is 0. The van der Waals surface area contributed by atoms with E-state index in [1.807, 2.05) is 0 Å². The van der Waals surface area contributed by atoms with Crippen molar-refractivity contribution >= 4 is 11.6 Å². The van der Waals surface area contributed by atoms with Crippen molar-refractivity contribution in [2.75, 3.05) is 0 Å². The maximum atomic E-state index is 5.67. The maximum absolute atomic E-state index is 5.67. The first-order valence-electron chi connectivity index (χ1n) is 3.34. The van der Waals surface area contributed by atoms with Crippen LogP contribution in [-0.4, -0.2) is 19.9 Å². The Balaban J connectivity index is 2.48. The molecule has 0 aliphatic rings. The van der Waals surface area contributed by atoms with E-state index < -0.39 is 0 Å². The maximum Gasteiger partial charge on any atom is 0.197 e. The minimum Gasteiger partial charge on any atom is -0.342 e. The van der Waals surface area contributed by atoms with Gasteiger partial charge in [0.2, 0.25) is 0 Å². The first-order valence-corrected chi connectivity index (χ1v) is 3.72. The zero-order valence-electron chi connectivity index (χ0n) is 6.03. The molecule has 2 aromatic rings. The van der Waals surface area contributed by atoms with Gasteiger partial charge >= 0.3 is 0 Å². The van der Waals surface area contributed by atoms with Crippen LogP contribution in [0.2, 0.25) is 5.15 Å². The van der Waals surface area contributed by atoms with Crippen LogP contribution in [0, 0.1) is 0 Å². The van der Waals surface area contributed by atoms with Crippen LogP contribution in [0.3, 0.4) is 0 Å². The lowest BCUT2D eigenvalue weighted by molar-refractivity contribution is 1.12. The molecule has 0 unspecified atom stereocenters. The molecule has 0 aliphatic carbocycles. The minimum atomic E-state index is 0.413. The predicted octanol–water partition coefficient (Wildman–Crippen LogP) is 1.52. The van der Waals surface area contributed by atoms with Crippen LogP contribution in [-0.2, 0) is 0 Å². The van der Waals surface area contributed by atoms with E-state index in [0.717, 1.165) is 0 Å². The number of imidazole rings is 1. The van der Waals surface area contributed by atoms with Crippen LogP contribution in [0.5, 0.6) is 0 Å². The molecule has 0 aromatic carbocycles. The largest absolute Gasteiger partial charge is 0.342 e. The molecule has 0 radical (unpaired) electrons. The molecule has 0 bridgehead atoms. The Morgan fingerprint density at radius 3 is 2.83 bits per heavy atom. The van der Waals surface area contributed by atoms with Gasteiger partial charge in [0.1, 0.15) is 5.15 Å². The molecule has 0 fully saturated rings. The fourth-order valence-electron chi connectivity index (χ4n) is 0.838. The smallest absolute Gasteiger partial charge is 0.197 e. The van der Waals surface area contributed by atoms with Crippen molar-refractivity contribution in [3.8, 4) is 11.6 Å². The lowest BCUT2D eigenvalue weighted by Gasteiger charge is -1.93. The van der Waals surface area contributed by atoms with Crippen LogP contribution in [0.1, 0.15) is 0 Å². The summed E-state index contributed by atoms with van der Waals surface area (Å²) in [6, 6.07) is 1.62. The first kappa shape index (κ1) is 7.24. The zero-order valence-corrected chi connectivity index (χ0v) is 6.78. The van der Waals surface area contributed by atoms with Crippen molar-refractivity contribution in [1.82, 2.24) is 19.9 Å². The molecule has 0 atom stereocenters. The minimum absolute atomic E-state index is 0.413. The second kappa shape index (κ2) is 2.91. The summed E-state index contributed by atoms with van der Waals surface area (Å²) in [6.45, 7) is 0. The molecule has 2 rings (SSSR count). The molecular formula is C7H5ClN4. The summed E-state index contributed by atoms with van der Waals surface area (Å²) in [4.78, 5) is 14.8. The average Bonchev–Trinajstić information content (AvgIpc) is 2.56. The van der Waals surface area contributed by atoms with E-state index in [0.29, 0.717) is 16.8 Å². The number of hydrogen-bond acceptors (Lipinski definition) is 3. The van der Waals surface area contributed by atoms with Gasteiger partial charge in [0.05, 0.1) is 0 Å². The van der Waals surface area contributed by atoms with Crippen molar-refractivity contribution in [3.05, 3.63) is 29.8 Å². The van der Waals surface area contributed by atoms with Crippen LogP contribution in [0.4, 0.5) is 0 Å². The first-order chi connectivity index (χ1) is 5.86. The molecule has 0 aliphatic heterocycles. The summed E-state index contributed by atoms with van der Waals surface area (Å²) < 4.78 is 0. The van der Waals surface area contributed by atoms with Gasteiger partial charge < -0.3 is 4.98 Å². The highest BCUT2D eigenvalue weighted by Crippen LogP contribution is 2.10. The second-order valence-corrected chi connectivity index (χ2v) is 2.53. The van der Waals surface area contributed by atoms with E-state index in [2.05, 4.69) is 19.9 Å². The molecule has 12 heavy (non-hydrogen) atoms. The van der Waals surface area contributed by atoms with Crippen LogP contribution in [0.15, 0.2) is 24.7 Å². The van der Waals surface area contributed by atoms with Gasteiger partial charge in [0.25, 0.3) is 0 Å². The SMILES string of the molecule is Clc1ccnc(-c2ncc[nH]2)n1. The van der Waals surface area contributed by atoms with Gasteiger partial charge in [-0.1, -0.05) is 11.6 Å². The number of aromatic amines is 1. The molecule has 0 saturated heterocycles. The van der Waals surface area contributed by atoms with E-state index in [4.69, 9.17) is 11.6 Å². The van der Waals surface area contributed by atoms with Gasteiger partial charge in [-0.15, -0.1) is 0 Å². The molecule has 0 spiro atoms. The second-order valence-electron chi connectivity index (χ2n) is 2.14. The molecule has 2 aromatic heterocycles. The van der Waals surface area contributed by atoms with Crippen molar-refractivity contribution in [3.63, 3.8) is 0 Å². The summed E-state index contributed by atoms with van der Waals surface area (Å²) >= 11 is 5.67. The van der Waals surface area contributed by atoms with Gasteiger partial charge in [-0.2, -0.15) is 0 Å². The highest BCUT2D eigenvalue weighted by atomic mass is 35.5. The molecule has 0 saturated carbocycles. The number of hydrogen-bond donors (Lipinski definition) is 1. The molecule has 0 amide bonds. The zero-order chi connectivity index (χ0) is 8.39. The number of nitrogens with one attached hydrogen (secondary N) is 1.